The summed E-state index contributed by atoms with van der Waals surface area (Å²) in [6.45, 7) is 2.98. The summed E-state index contributed by atoms with van der Waals surface area (Å²) in [4.78, 5) is 36.8. The van der Waals surface area contributed by atoms with Gasteiger partial charge in [0, 0.05) is 12.1 Å². The molecule has 0 spiro atoms. The van der Waals surface area contributed by atoms with E-state index in [0.717, 1.165) is 36.8 Å². The molecule has 128 valence electrons. The second kappa shape index (κ2) is 7.81. The second-order valence-corrected chi connectivity index (χ2v) is 7.06. The lowest BCUT2D eigenvalue weighted by Gasteiger charge is -2.14. The molecule has 3 amide bonds. The van der Waals surface area contributed by atoms with Crippen molar-refractivity contribution < 1.29 is 14.4 Å². The highest BCUT2D eigenvalue weighted by atomic mass is 32.2. The SMILES string of the molecule is O=C(NCCC1CCNC1)c1cccc(CN2C(=O)CSC2=O)c1. The second-order valence-electron chi connectivity index (χ2n) is 6.14. The Morgan fingerprint density at radius 3 is 2.96 bits per heavy atom. The maximum Gasteiger partial charge on any atom is 0.289 e. The normalized spacial score (nSPS) is 20.7. The van der Waals surface area contributed by atoms with Crippen molar-refractivity contribution in [3.63, 3.8) is 0 Å². The molecule has 0 bridgehead atoms. The predicted molar refractivity (Wildman–Crippen MR) is 92.8 cm³/mol. The van der Waals surface area contributed by atoms with Gasteiger partial charge in [0.25, 0.3) is 11.1 Å². The van der Waals surface area contributed by atoms with Crippen molar-refractivity contribution in [1.29, 1.82) is 0 Å². The summed E-state index contributed by atoms with van der Waals surface area (Å²) in [6.07, 6.45) is 2.15. The van der Waals surface area contributed by atoms with Crippen LogP contribution in [0.1, 0.15) is 28.8 Å². The van der Waals surface area contributed by atoms with E-state index in [0.29, 0.717) is 18.0 Å². The molecule has 3 rings (SSSR count). The standard InChI is InChI=1S/C17H21N3O3S/c21-15-11-24-17(23)20(15)10-13-2-1-3-14(8-13)16(22)19-7-5-12-4-6-18-9-12/h1-3,8,12,18H,4-7,9-11H2,(H,19,22). The van der Waals surface area contributed by atoms with Crippen LogP contribution in [-0.2, 0) is 11.3 Å². The van der Waals surface area contributed by atoms with Gasteiger partial charge >= 0.3 is 0 Å². The van der Waals surface area contributed by atoms with Gasteiger partial charge in [-0.15, -0.1) is 0 Å². The van der Waals surface area contributed by atoms with Crippen molar-refractivity contribution in [1.82, 2.24) is 15.5 Å². The van der Waals surface area contributed by atoms with E-state index >= 15 is 0 Å². The molecule has 1 unspecified atom stereocenters. The van der Waals surface area contributed by atoms with Gasteiger partial charge in [0.05, 0.1) is 12.3 Å². The summed E-state index contributed by atoms with van der Waals surface area (Å²) < 4.78 is 0. The quantitative estimate of drug-likeness (QED) is 0.817. The van der Waals surface area contributed by atoms with Gasteiger partial charge in [0.15, 0.2) is 0 Å². The van der Waals surface area contributed by atoms with Crippen LogP contribution in [-0.4, -0.2) is 47.3 Å². The third-order valence-electron chi connectivity index (χ3n) is 4.37. The van der Waals surface area contributed by atoms with E-state index in [1.165, 1.54) is 11.3 Å². The van der Waals surface area contributed by atoms with Crippen LogP contribution in [0, 0.1) is 5.92 Å². The third-order valence-corrected chi connectivity index (χ3v) is 5.23. The summed E-state index contributed by atoms with van der Waals surface area (Å²) in [6, 6.07) is 7.10. The number of carbonyl (C=O) groups is 3. The molecule has 0 saturated carbocycles. The minimum atomic E-state index is -0.222. The Hall–Kier alpha value is -1.86. The molecule has 2 fully saturated rings. The number of nitrogens with one attached hydrogen (secondary N) is 2. The molecule has 24 heavy (non-hydrogen) atoms. The fourth-order valence-corrected chi connectivity index (χ4v) is 3.71. The summed E-state index contributed by atoms with van der Waals surface area (Å²) in [7, 11) is 0. The van der Waals surface area contributed by atoms with E-state index in [2.05, 4.69) is 10.6 Å². The topological polar surface area (TPSA) is 78.5 Å². The molecule has 0 aromatic heterocycles. The Morgan fingerprint density at radius 1 is 1.38 bits per heavy atom. The summed E-state index contributed by atoms with van der Waals surface area (Å²) in [5.41, 5.74) is 1.34. The maximum atomic E-state index is 12.3. The molecule has 2 saturated heterocycles. The number of rotatable bonds is 6. The Morgan fingerprint density at radius 2 is 2.25 bits per heavy atom. The lowest BCUT2D eigenvalue weighted by atomic mass is 10.1. The molecule has 2 aliphatic rings. The Kier molecular flexibility index (Phi) is 5.52. The average Bonchev–Trinajstić information content (AvgIpc) is 3.20. The van der Waals surface area contributed by atoms with E-state index in [1.807, 2.05) is 6.07 Å². The lowest BCUT2D eigenvalue weighted by molar-refractivity contribution is -0.125. The van der Waals surface area contributed by atoms with Gasteiger partial charge in [-0.25, -0.2) is 0 Å². The van der Waals surface area contributed by atoms with Crippen LogP contribution in [0.15, 0.2) is 24.3 Å². The molecule has 0 aliphatic carbocycles. The summed E-state index contributed by atoms with van der Waals surface area (Å²) in [5, 5.41) is 6.04. The van der Waals surface area contributed by atoms with E-state index in [9.17, 15) is 14.4 Å². The minimum absolute atomic E-state index is 0.115. The third kappa shape index (κ3) is 4.15. The maximum absolute atomic E-state index is 12.3. The molecule has 1 aromatic carbocycles. The van der Waals surface area contributed by atoms with Crippen LogP contribution in [0.3, 0.4) is 0 Å². The highest BCUT2D eigenvalue weighted by Crippen LogP contribution is 2.21. The molecule has 2 heterocycles. The van der Waals surface area contributed by atoms with Crippen LogP contribution in [0.25, 0.3) is 0 Å². The molecule has 2 N–H and O–H groups in total. The van der Waals surface area contributed by atoms with Gasteiger partial charge < -0.3 is 10.6 Å². The molecule has 2 aliphatic heterocycles. The molecule has 1 atom stereocenters. The van der Waals surface area contributed by atoms with Gasteiger partial charge in [-0.3, -0.25) is 19.3 Å². The first-order valence-electron chi connectivity index (χ1n) is 8.18. The van der Waals surface area contributed by atoms with E-state index in [-0.39, 0.29) is 29.4 Å². The van der Waals surface area contributed by atoms with Crippen LogP contribution >= 0.6 is 11.8 Å². The first kappa shape index (κ1) is 17.0. The van der Waals surface area contributed by atoms with Crippen molar-refractivity contribution in [3.05, 3.63) is 35.4 Å². The number of benzene rings is 1. The summed E-state index contributed by atoms with van der Waals surface area (Å²) >= 11 is 1.02. The van der Waals surface area contributed by atoms with Crippen LogP contribution in [0.5, 0.6) is 0 Å². The summed E-state index contributed by atoms with van der Waals surface area (Å²) in [5.74, 6) is 0.553. The minimum Gasteiger partial charge on any atom is -0.352 e. The number of hydrogen-bond donors (Lipinski definition) is 2. The van der Waals surface area contributed by atoms with Crippen molar-refractivity contribution in [2.75, 3.05) is 25.4 Å². The highest BCUT2D eigenvalue weighted by molar-refractivity contribution is 8.14. The van der Waals surface area contributed by atoms with Gasteiger partial charge in [-0.1, -0.05) is 23.9 Å². The number of thioether (sulfide) groups is 1. The molecule has 7 heteroatoms. The van der Waals surface area contributed by atoms with Crippen molar-refractivity contribution in [2.45, 2.75) is 19.4 Å². The molecule has 0 radical (unpaired) electrons. The van der Waals surface area contributed by atoms with E-state index in [1.54, 1.807) is 18.2 Å². The van der Waals surface area contributed by atoms with Gasteiger partial charge in [0.2, 0.25) is 5.91 Å². The highest BCUT2D eigenvalue weighted by Gasteiger charge is 2.29. The van der Waals surface area contributed by atoms with Gasteiger partial charge in [-0.05, 0) is 49.5 Å². The van der Waals surface area contributed by atoms with Gasteiger partial charge in [0.1, 0.15) is 0 Å². The number of amides is 3. The van der Waals surface area contributed by atoms with Crippen LogP contribution in [0.4, 0.5) is 4.79 Å². The van der Waals surface area contributed by atoms with E-state index < -0.39 is 0 Å². The Bertz CT molecular complexity index is 628. The first-order chi connectivity index (χ1) is 11.6. The zero-order chi connectivity index (χ0) is 16.9. The van der Waals surface area contributed by atoms with Crippen molar-refractivity contribution >= 4 is 28.8 Å². The van der Waals surface area contributed by atoms with Crippen LogP contribution in [0.2, 0.25) is 0 Å². The molecular formula is C17H21N3O3S. The number of hydrogen-bond acceptors (Lipinski definition) is 5. The molecule has 1 aromatic rings. The van der Waals surface area contributed by atoms with Crippen molar-refractivity contribution in [3.8, 4) is 0 Å². The van der Waals surface area contributed by atoms with Crippen molar-refractivity contribution in [2.24, 2.45) is 5.92 Å². The number of carbonyl (C=O) groups excluding carboxylic acids is 3. The zero-order valence-corrected chi connectivity index (χ0v) is 14.2. The average molecular weight is 347 g/mol. The lowest BCUT2D eigenvalue weighted by Crippen LogP contribution is -2.28. The zero-order valence-electron chi connectivity index (χ0n) is 13.4. The van der Waals surface area contributed by atoms with Crippen LogP contribution < -0.4 is 10.6 Å². The molecule has 6 nitrogen and oxygen atoms in total. The predicted octanol–water partition coefficient (Wildman–Crippen LogP) is 1.61. The largest absolute Gasteiger partial charge is 0.352 e. The Balaban J connectivity index is 1.54. The fraction of sp³-hybridized carbons (Fsp3) is 0.471. The smallest absolute Gasteiger partial charge is 0.289 e. The number of imide groups is 1. The number of nitrogens with zero attached hydrogens (tertiary/aromatic N) is 1. The Labute approximate surface area is 145 Å². The fourth-order valence-electron chi connectivity index (χ4n) is 2.98. The monoisotopic (exact) mass is 347 g/mol. The van der Waals surface area contributed by atoms with E-state index in [4.69, 9.17) is 0 Å². The molecular weight excluding hydrogens is 326 g/mol. The van der Waals surface area contributed by atoms with Gasteiger partial charge in [-0.2, -0.15) is 0 Å². The first-order valence-corrected chi connectivity index (χ1v) is 9.17.